The Hall–Kier alpha value is -13.4. The molecule has 0 spiro atoms. The second-order valence-corrected chi connectivity index (χ2v) is 40.0. The number of aromatic amines is 1. The van der Waals surface area contributed by atoms with E-state index in [1.54, 1.807) is 80.7 Å². The van der Waals surface area contributed by atoms with Gasteiger partial charge in [-0.2, -0.15) is 11.8 Å². The topological polar surface area (TPSA) is 875 Å². The zero-order chi connectivity index (χ0) is 113. The number of primary amides is 2. The van der Waals surface area contributed by atoms with Gasteiger partial charge in [-0.1, -0.05) is 80.9 Å². The van der Waals surface area contributed by atoms with Gasteiger partial charge in [0.15, 0.2) is 0 Å². The van der Waals surface area contributed by atoms with Crippen LogP contribution in [0.3, 0.4) is 0 Å². The van der Waals surface area contributed by atoms with Gasteiger partial charge in [-0.05, 0) is 190 Å². The van der Waals surface area contributed by atoms with E-state index < -0.39 is 271 Å². The van der Waals surface area contributed by atoms with Gasteiger partial charge in [-0.25, -0.2) is 9.78 Å². The molecule has 0 bridgehead atoms. The third-order valence-corrected chi connectivity index (χ3v) is 25.7. The average molecular weight is 2140 g/mol. The molecule has 54 heteroatoms. The predicted octanol–water partition coefficient (Wildman–Crippen LogP) is -11.6. The number of likely N-dealkylation sites (tertiary alicyclic amines) is 1. The molecule has 19 atom stereocenters. The maximum absolute atomic E-state index is 15.2. The van der Waals surface area contributed by atoms with Crippen LogP contribution < -0.4 is 146 Å². The minimum atomic E-state index is -1.76. The molecule has 0 aromatic carbocycles. The number of unbranched alkanes of at least 4 members (excludes halogenated alkanes) is 2. The molecule has 1 saturated heterocycles. The summed E-state index contributed by atoms with van der Waals surface area (Å²) in [5.41, 5.74) is 42.0. The first-order valence-electron chi connectivity index (χ1n) is 51.7. The number of imidazole rings is 1. The van der Waals surface area contributed by atoms with Gasteiger partial charge in [0.2, 0.25) is 118 Å². The number of hydrogen-bond donors (Lipinski definition) is 30. The van der Waals surface area contributed by atoms with E-state index >= 15 is 14.4 Å². The highest BCUT2D eigenvalue weighted by molar-refractivity contribution is 7.98. The lowest BCUT2D eigenvalue weighted by Crippen LogP contribution is -2.78. The zero-order valence-electron chi connectivity index (χ0n) is 88.7. The lowest BCUT2D eigenvalue weighted by Gasteiger charge is -2.33. The van der Waals surface area contributed by atoms with Crippen molar-refractivity contribution in [1.82, 2.24) is 105 Å². The second-order valence-electron chi connectivity index (χ2n) is 39.1. The summed E-state index contributed by atoms with van der Waals surface area (Å²) in [5.74, 6) is -21.0. The number of nitrogens with one attached hydrogen (secondary N) is 20. The van der Waals surface area contributed by atoms with Gasteiger partial charge >= 0.3 is 17.9 Å². The number of carbonyl (C=O) groups excluding carboxylic acids is 20. The van der Waals surface area contributed by atoms with E-state index in [4.69, 9.17) is 34.4 Å². The van der Waals surface area contributed by atoms with Crippen molar-refractivity contribution in [3.63, 3.8) is 0 Å². The van der Waals surface area contributed by atoms with E-state index in [1.165, 1.54) is 43.0 Å². The number of amides is 20. The Morgan fingerprint density at radius 3 is 1.45 bits per heavy atom. The number of H-pyrrole nitrogens is 1. The Bertz CT molecular complexity index is 4690. The summed E-state index contributed by atoms with van der Waals surface area (Å²) < 4.78 is 0. The number of quaternary nitrogens is 2. The molecule has 53 nitrogen and oxygen atoms in total. The van der Waals surface area contributed by atoms with Crippen LogP contribution in [0, 0.1) is 23.7 Å². The van der Waals surface area contributed by atoms with Crippen LogP contribution in [-0.2, 0) is 107 Å². The van der Waals surface area contributed by atoms with Crippen molar-refractivity contribution in [1.29, 1.82) is 0 Å². The molecule has 20 amide bonds. The van der Waals surface area contributed by atoms with Crippen molar-refractivity contribution in [2.24, 2.45) is 58.1 Å². The van der Waals surface area contributed by atoms with E-state index in [1.807, 2.05) is 0 Å². The van der Waals surface area contributed by atoms with Crippen molar-refractivity contribution in [2.45, 2.75) is 358 Å². The summed E-state index contributed by atoms with van der Waals surface area (Å²) in [4.78, 5) is 310. The van der Waals surface area contributed by atoms with Crippen LogP contribution in [0.2, 0.25) is 0 Å². The maximum atomic E-state index is 15.2. The molecule has 0 radical (unpaired) electrons. The molecule has 1 aromatic heterocycles. The fourth-order valence-electron chi connectivity index (χ4n) is 16.5. The first-order chi connectivity index (χ1) is 70.9. The standard InChI is InChI=1S/C96H166N30O23S/c1-13-54(9)76(125-90(144)70(47-74(100)130)122-80(134)59(110-56(11)128)30-21-23-38-97)93(147)126-42-27-34-72(126)92(146)123-71(49-127)91(145)121-68(45-52(5)6)88(142)120-67(44-51(3)4)87(141)116-64(33-26-41-107-96(103)104)85(139)112-60-28-19-17-15-16-18-20-29-61(115-89(143)69(46-57-48-105-50-108-57)119-77(131)55(10)109-79(133)65(117-83(60)137)35-36-73(99)129)82(136)114-63(32-25-40-106-95(101)102)84(138)113-62(31-22-24-39-98)81(135)111-58(14-2)78(132)118-66(37-43-150-12)86(140)124-75(53(7)8)94(148)149/h15-16,48,50-55,58-72,75-76,127H,13-14,17-47,49,97-98H2,1-12H3,(H2,99,129)(H2,100,130)(H,105,108)(H,109,133)(H,110,128)(H,111,135)(H,112,139)(H,113,138)(H,114,136)(H,115,143)(H,116,141)(H,117,137)(H,118,132)(H,119,131)(H,120,142)(H,121,145)(H,122,134)(H,123,146)(H,124,140)(H,125,144)(H,148,149)(H4,101,102,106)(H4,103,104,107)/p+4/b16-15-/t54-,55-,58-,59-,60-,61-,62-,63-,64-,65-,66-,67-,68-,69-,70-,71-,72-,75-,76-/m0/s1. The molecule has 3 heterocycles. The number of aliphatic carboxylic acids is 1. The number of nitrogens with zero attached hydrogens (tertiary/aromatic N) is 2. The molecule has 0 unspecified atom stereocenters. The van der Waals surface area contributed by atoms with Crippen LogP contribution in [0.15, 0.2) is 24.7 Å². The monoisotopic (exact) mass is 2140 g/mol. The van der Waals surface area contributed by atoms with Gasteiger partial charge in [0.05, 0.1) is 51.2 Å². The largest absolute Gasteiger partial charge is 0.480 e. The molecule has 3 rings (SSSR count). The first-order valence-corrected chi connectivity index (χ1v) is 53.1. The van der Waals surface area contributed by atoms with E-state index in [0.717, 1.165) is 0 Å². The molecule has 1 fully saturated rings. The van der Waals surface area contributed by atoms with Crippen molar-refractivity contribution in [2.75, 3.05) is 51.3 Å². The normalized spacial score (nSPS) is 19.2. The Balaban J connectivity index is 2.10. The number of thioether (sulfide) groups is 1. The number of aromatic nitrogens is 2. The van der Waals surface area contributed by atoms with E-state index in [0.29, 0.717) is 50.9 Å². The number of nitrogens with two attached hydrogens (primary N) is 6. The summed E-state index contributed by atoms with van der Waals surface area (Å²) in [6.07, 6.45) is 8.68. The number of guanidine groups is 2. The molecule has 0 saturated carbocycles. The fourth-order valence-corrected chi connectivity index (χ4v) is 16.9. The van der Waals surface area contributed by atoms with Gasteiger partial charge in [-0.3, -0.25) is 129 Å². The summed E-state index contributed by atoms with van der Waals surface area (Å²) in [5, 5.41) is 65.3. The second kappa shape index (κ2) is 69.8. The van der Waals surface area contributed by atoms with Crippen LogP contribution in [0.5, 0.6) is 0 Å². The third-order valence-electron chi connectivity index (χ3n) is 25.1. The Labute approximate surface area is 879 Å². The van der Waals surface area contributed by atoms with Gasteiger partial charge in [0.1, 0.15) is 109 Å². The number of carboxylic acids is 1. The highest BCUT2D eigenvalue weighted by atomic mass is 32.2. The Kier molecular flexibility index (Phi) is 60.8. The fraction of sp³-hybridized carbons (Fsp3) is 0.708. The van der Waals surface area contributed by atoms with Crippen LogP contribution in [0.4, 0.5) is 0 Å². The Morgan fingerprint density at radius 2 is 0.960 bits per heavy atom. The van der Waals surface area contributed by atoms with Crippen LogP contribution in [0.1, 0.15) is 249 Å². The van der Waals surface area contributed by atoms with Crippen LogP contribution in [-0.4, -0.2) is 321 Å². The summed E-state index contributed by atoms with van der Waals surface area (Å²) in [7, 11) is 0. The Morgan fingerprint density at radius 1 is 0.500 bits per heavy atom. The number of carbonyl (C=O) groups is 21. The zero-order valence-corrected chi connectivity index (χ0v) is 89.5. The third kappa shape index (κ3) is 48.9. The van der Waals surface area contributed by atoms with Crippen LogP contribution >= 0.6 is 11.8 Å². The van der Waals surface area contributed by atoms with E-state index in [9.17, 15) is 96.5 Å². The van der Waals surface area contributed by atoms with E-state index in [2.05, 4.69) is 122 Å². The number of allylic oxidation sites excluding steroid dienone is 2. The summed E-state index contributed by atoms with van der Waals surface area (Å²) in [6.45, 7) is 17.6. The highest BCUT2D eigenvalue weighted by Crippen LogP contribution is 2.24. The molecule has 1 aromatic rings. The minimum Gasteiger partial charge on any atom is -0.480 e. The number of aliphatic hydroxyl groups is 1. The van der Waals surface area contributed by atoms with Crippen molar-refractivity contribution in [3.8, 4) is 0 Å². The average Bonchev–Trinajstić information content (AvgIpc) is 1.64. The predicted molar refractivity (Wildman–Crippen MR) is 552 cm³/mol. The number of rotatable bonds is 62. The van der Waals surface area contributed by atoms with Gasteiger partial charge in [-0.15, -0.1) is 0 Å². The van der Waals surface area contributed by atoms with Gasteiger partial charge in [0.25, 0.3) is 0 Å². The number of carboxylic acid groups (broad SMARTS) is 1. The van der Waals surface area contributed by atoms with Gasteiger partial charge < -0.3 is 133 Å². The molecule has 0 aliphatic carbocycles. The lowest BCUT2D eigenvalue weighted by atomic mass is 9.96. The van der Waals surface area contributed by atoms with Crippen molar-refractivity contribution in [3.05, 3.63) is 30.4 Å². The maximum Gasteiger partial charge on any atom is 0.338 e. The molecule has 40 N–H and O–H groups in total. The minimum absolute atomic E-state index is 0.00332. The molecule has 150 heavy (non-hydrogen) atoms. The quantitative estimate of drug-likeness (QED) is 0.0125. The van der Waals surface area contributed by atoms with Gasteiger partial charge in [0, 0.05) is 32.5 Å². The molecule has 2 aliphatic heterocycles. The lowest BCUT2D eigenvalue weighted by molar-refractivity contribution is -0.460. The SMILES string of the molecule is CC[C@H](NC(=O)[C@H](CCCC[NH3+])NC(=O)[C@H](CCC[NH+]=C(N)N)NC(=O)[C@@H]1CCC/C=C\CCC[C@H](NC(=O)[C@H](CCC[NH+]=C(N)N)NC(=O)[C@H](CC(C)C)NC(=O)[C@H](CC(C)C)NC(=O)[C@H](CO)NC(=O)[C@@H]2CCCN2C(=O)[C@@H](NC(=O)[C@H](CC(N)=O)NC(=O)[C@H](CCCC[NH3+])NC(C)=O)[C@@H](C)CC)C(=O)N[C@@H](CCC(N)=O)C(=O)N[C@@H](C)C(=O)N[C@@H](Cc2c[nH]cn2)C(=O)N1)C(=O)N[C@@H](CCSC)C(=O)N[C@H](C(=O)O)C(C)C. The number of hydrogen-bond acceptors (Lipinski definition) is 24. The highest BCUT2D eigenvalue weighted by Gasteiger charge is 2.44. The van der Waals surface area contributed by atoms with E-state index in [-0.39, 0.29) is 171 Å². The molecule has 2 aliphatic rings. The van der Waals surface area contributed by atoms with Crippen molar-refractivity contribution < 1.29 is 132 Å². The molecular weight excluding hydrogens is 1970 g/mol. The summed E-state index contributed by atoms with van der Waals surface area (Å²) >= 11 is 1.37. The first kappa shape index (κ1) is 131. The van der Waals surface area contributed by atoms with Crippen LogP contribution in [0.25, 0.3) is 0 Å². The smallest absolute Gasteiger partial charge is 0.338 e. The van der Waals surface area contributed by atoms with Crippen molar-refractivity contribution >= 4 is 148 Å². The number of aliphatic hydroxyl groups excluding tert-OH is 1. The molecular formula is C96H170N30O23S+4. The molecule has 844 valence electrons. The summed E-state index contributed by atoms with van der Waals surface area (Å²) in [6, 6.07) is -26.1.